The van der Waals surface area contributed by atoms with Crippen molar-refractivity contribution < 1.29 is 9.47 Å². The number of nitrogens with two attached hydrogens (primary N) is 1. The van der Waals surface area contributed by atoms with Crippen LogP contribution in [0.1, 0.15) is 18.6 Å². The van der Waals surface area contributed by atoms with Crippen LogP contribution in [-0.2, 0) is 9.47 Å². The van der Waals surface area contributed by atoms with E-state index in [1.165, 1.54) is 0 Å². The predicted molar refractivity (Wildman–Crippen MR) is 55.0 cm³/mol. The fourth-order valence-corrected chi connectivity index (χ4v) is 1.43. The summed E-state index contributed by atoms with van der Waals surface area (Å²) in [5.74, 6) is 0. The molecule has 1 aliphatic rings. The molecular formula is C11H15NO2. The Balaban J connectivity index is 1.95. The number of anilines is 1. The molecule has 0 radical (unpaired) electrons. The summed E-state index contributed by atoms with van der Waals surface area (Å²) in [5, 5.41) is 0. The number of ether oxygens (including phenoxy) is 2. The first-order valence-corrected chi connectivity index (χ1v) is 4.84. The number of rotatable bonds is 3. The van der Waals surface area contributed by atoms with Crippen LogP contribution < -0.4 is 5.73 Å². The highest BCUT2D eigenvalue weighted by atomic mass is 16.6. The Bertz CT molecular complexity index is 293. The molecule has 1 saturated heterocycles. The van der Waals surface area contributed by atoms with Gasteiger partial charge in [0.25, 0.3) is 0 Å². The van der Waals surface area contributed by atoms with Crippen molar-refractivity contribution >= 4 is 5.69 Å². The van der Waals surface area contributed by atoms with Crippen molar-refractivity contribution in [1.29, 1.82) is 0 Å². The SMILES string of the molecule is CC(OC1COC1)c1ccc(N)cc1. The van der Waals surface area contributed by atoms with Crippen molar-refractivity contribution in [2.75, 3.05) is 18.9 Å². The lowest BCUT2D eigenvalue weighted by atomic mass is 10.1. The monoisotopic (exact) mass is 193 g/mol. The van der Waals surface area contributed by atoms with Crippen molar-refractivity contribution in [2.45, 2.75) is 19.1 Å². The summed E-state index contributed by atoms with van der Waals surface area (Å²) in [6.07, 6.45) is 0.382. The van der Waals surface area contributed by atoms with Gasteiger partial charge in [0, 0.05) is 5.69 Å². The lowest BCUT2D eigenvalue weighted by molar-refractivity contribution is -0.152. The molecule has 0 saturated carbocycles. The molecule has 1 unspecified atom stereocenters. The lowest BCUT2D eigenvalue weighted by Crippen LogP contribution is -2.36. The Morgan fingerprint density at radius 2 is 2.00 bits per heavy atom. The molecule has 0 aliphatic carbocycles. The first-order chi connectivity index (χ1) is 6.75. The average molecular weight is 193 g/mol. The standard InChI is InChI=1S/C11H15NO2/c1-8(14-11-6-13-7-11)9-2-4-10(12)5-3-9/h2-5,8,11H,6-7,12H2,1H3. The van der Waals surface area contributed by atoms with E-state index in [1.807, 2.05) is 31.2 Å². The van der Waals surface area contributed by atoms with Crippen LogP contribution in [0.15, 0.2) is 24.3 Å². The van der Waals surface area contributed by atoms with E-state index in [0.29, 0.717) is 0 Å². The van der Waals surface area contributed by atoms with Gasteiger partial charge in [0.2, 0.25) is 0 Å². The van der Waals surface area contributed by atoms with Gasteiger partial charge in [-0.2, -0.15) is 0 Å². The van der Waals surface area contributed by atoms with Crippen molar-refractivity contribution in [2.24, 2.45) is 0 Å². The van der Waals surface area contributed by atoms with E-state index in [4.69, 9.17) is 15.2 Å². The van der Waals surface area contributed by atoms with Gasteiger partial charge in [0.1, 0.15) is 6.10 Å². The summed E-state index contributed by atoms with van der Waals surface area (Å²) in [6, 6.07) is 7.79. The van der Waals surface area contributed by atoms with Crippen molar-refractivity contribution in [1.82, 2.24) is 0 Å². The molecule has 0 aromatic heterocycles. The van der Waals surface area contributed by atoms with Crippen LogP contribution >= 0.6 is 0 Å². The second kappa shape index (κ2) is 3.98. The van der Waals surface area contributed by atoms with Crippen LogP contribution in [0, 0.1) is 0 Å². The van der Waals surface area contributed by atoms with Crippen LogP contribution in [0.25, 0.3) is 0 Å². The van der Waals surface area contributed by atoms with Gasteiger partial charge in [0.15, 0.2) is 0 Å². The van der Waals surface area contributed by atoms with E-state index >= 15 is 0 Å². The molecule has 1 aromatic carbocycles. The Morgan fingerprint density at radius 1 is 1.36 bits per heavy atom. The summed E-state index contributed by atoms with van der Waals surface area (Å²) in [7, 11) is 0. The number of hydrogen-bond donors (Lipinski definition) is 1. The van der Waals surface area contributed by atoms with E-state index in [1.54, 1.807) is 0 Å². The van der Waals surface area contributed by atoms with Gasteiger partial charge in [-0.05, 0) is 24.6 Å². The molecule has 76 valence electrons. The van der Waals surface area contributed by atoms with Gasteiger partial charge in [-0.1, -0.05) is 12.1 Å². The molecule has 1 aliphatic heterocycles. The zero-order valence-corrected chi connectivity index (χ0v) is 8.27. The minimum atomic E-state index is 0.115. The molecule has 0 bridgehead atoms. The molecule has 1 atom stereocenters. The van der Waals surface area contributed by atoms with Gasteiger partial charge >= 0.3 is 0 Å². The molecule has 3 nitrogen and oxygen atoms in total. The average Bonchev–Trinajstić information content (AvgIpc) is 2.12. The summed E-state index contributed by atoms with van der Waals surface area (Å²) >= 11 is 0. The molecule has 2 rings (SSSR count). The van der Waals surface area contributed by atoms with Crippen LogP contribution in [0.3, 0.4) is 0 Å². The second-order valence-corrected chi connectivity index (χ2v) is 3.60. The van der Waals surface area contributed by atoms with Crippen molar-refractivity contribution in [3.05, 3.63) is 29.8 Å². The zero-order chi connectivity index (χ0) is 9.97. The van der Waals surface area contributed by atoms with E-state index < -0.39 is 0 Å². The van der Waals surface area contributed by atoms with Crippen molar-refractivity contribution in [3.8, 4) is 0 Å². The fourth-order valence-electron chi connectivity index (χ4n) is 1.43. The van der Waals surface area contributed by atoms with Crippen molar-refractivity contribution in [3.63, 3.8) is 0 Å². The molecule has 14 heavy (non-hydrogen) atoms. The van der Waals surface area contributed by atoms with Crippen LogP contribution in [0.5, 0.6) is 0 Å². The molecule has 0 spiro atoms. The first-order valence-electron chi connectivity index (χ1n) is 4.84. The summed E-state index contributed by atoms with van der Waals surface area (Å²) in [4.78, 5) is 0. The normalized spacial score (nSPS) is 18.9. The maximum Gasteiger partial charge on any atom is 0.105 e. The molecular weight excluding hydrogens is 178 g/mol. The Hall–Kier alpha value is -1.06. The van der Waals surface area contributed by atoms with Gasteiger partial charge in [-0.3, -0.25) is 0 Å². The third kappa shape index (κ3) is 2.05. The summed E-state index contributed by atoms with van der Waals surface area (Å²) < 4.78 is 10.8. The topological polar surface area (TPSA) is 44.5 Å². The van der Waals surface area contributed by atoms with E-state index in [2.05, 4.69) is 0 Å². The fraction of sp³-hybridized carbons (Fsp3) is 0.455. The number of benzene rings is 1. The van der Waals surface area contributed by atoms with Crippen LogP contribution in [0.4, 0.5) is 5.69 Å². The minimum Gasteiger partial charge on any atom is -0.399 e. The van der Waals surface area contributed by atoms with Gasteiger partial charge in [-0.15, -0.1) is 0 Å². The van der Waals surface area contributed by atoms with E-state index in [-0.39, 0.29) is 12.2 Å². The van der Waals surface area contributed by atoms with E-state index in [9.17, 15) is 0 Å². The third-order valence-corrected chi connectivity index (χ3v) is 2.41. The smallest absolute Gasteiger partial charge is 0.105 e. The summed E-state index contributed by atoms with van der Waals surface area (Å²) in [5.41, 5.74) is 7.55. The van der Waals surface area contributed by atoms with Crippen LogP contribution in [0.2, 0.25) is 0 Å². The third-order valence-electron chi connectivity index (χ3n) is 2.41. The lowest BCUT2D eigenvalue weighted by Gasteiger charge is -2.29. The molecule has 1 aromatic rings. The first kappa shape index (κ1) is 9.49. The molecule has 1 heterocycles. The molecule has 1 fully saturated rings. The quantitative estimate of drug-likeness (QED) is 0.744. The molecule has 2 N–H and O–H groups in total. The summed E-state index contributed by atoms with van der Waals surface area (Å²) in [6.45, 7) is 3.49. The highest BCUT2D eigenvalue weighted by molar-refractivity contribution is 5.39. The number of hydrogen-bond acceptors (Lipinski definition) is 3. The predicted octanol–water partition coefficient (Wildman–Crippen LogP) is 1.75. The second-order valence-electron chi connectivity index (χ2n) is 3.60. The van der Waals surface area contributed by atoms with E-state index in [0.717, 1.165) is 24.5 Å². The van der Waals surface area contributed by atoms with Gasteiger partial charge in [0.05, 0.1) is 19.3 Å². The minimum absolute atomic E-state index is 0.115. The Labute approximate surface area is 83.8 Å². The maximum absolute atomic E-state index is 5.75. The largest absolute Gasteiger partial charge is 0.399 e. The number of nitrogen functional groups attached to an aromatic ring is 1. The highest BCUT2D eigenvalue weighted by Gasteiger charge is 2.21. The molecule has 0 amide bonds. The van der Waals surface area contributed by atoms with Crippen LogP contribution in [-0.4, -0.2) is 19.3 Å². The maximum atomic E-state index is 5.75. The van der Waals surface area contributed by atoms with Gasteiger partial charge < -0.3 is 15.2 Å². The Morgan fingerprint density at radius 3 is 2.50 bits per heavy atom. The molecule has 3 heteroatoms. The Kier molecular flexibility index (Phi) is 2.70. The highest BCUT2D eigenvalue weighted by Crippen LogP contribution is 2.21. The van der Waals surface area contributed by atoms with Gasteiger partial charge in [-0.25, -0.2) is 0 Å². The zero-order valence-electron chi connectivity index (χ0n) is 8.27.